The highest BCUT2D eigenvalue weighted by Gasteiger charge is 2.25. The van der Waals surface area contributed by atoms with Gasteiger partial charge in [-0.15, -0.1) is 0 Å². The van der Waals surface area contributed by atoms with E-state index in [0.29, 0.717) is 0 Å². The third-order valence-corrected chi connectivity index (χ3v) is 4.46. The Morgan fingerprint density at radius 1 is 0.852 bits per heavy atom. The number of hydrogen-bond acceptors (Lipinski definition) is 4. The number of carbonyl (C=O) groups excluding carboxylic acids is 1. The number of carbonyl (C=O) groups is 1. The van der Waals surface area contributed by atoms with E-state index in [1.54, 1.807) is 0 Å². The molecule has 0 aliphatic carbocycles. The Kier molecular flexibility index (Phi) is 5.61. The molecule has 5 nitrogen and oxygen atoms in total. The highest BCUT2D eigenvalue weighted by molar-refractivity contribution is 5.89. The fraction of sp³-hybridized carbons (Fsp3) is 0.136. The molecule has 0 N–H and O–H groups in total. The number of nitro groups is 1. The van der Waals surface area contributed by atoms with Crippen LogP contribution in [0.4, 0.5) is 5.69 Å². The summed E-state index contributed by atoms with van der Waals surface area (Å²) in [5.41, 5.74) is 2.16. The summed E-state index contributed by atoms with van der Waals surface area (Å²) in [5.74, 6) is -0.572. The number of rotatable bonds is 6. The summed E-state index contributed by atoms with van der Waals surface area (Å²) >= 11 is 0. The van der Waals surface area contributed by atoms with E-state index < -0.39 is 17.0 Å². The average molecular weight is 361 g/mol. The van der Waals surface area contributed by atoms with Gasteiger partial charge in [0.2, 0.25) is 0 Å². The van der Waals surface area contributed by atoms with Crippen LogP contribution in [0.25, 0.3) is 0 Å². The van der Waals surface area contributed by atoms with Crippen LogP contribution in [0.15, 0.2) is 84.9 Å². The van der Waals surface area contributed by atoms with Gasteiger partial charge >= 0.3 is 5.97 Å². The zero-order chi connectivity index (χ0) is 19.2. The summed E-state index contributed by atoms with van der Waals surface area (Å²) < 4.78 is 5.83. The molecule has 0 amide bonds. The van der Waals surface area contributed by atoms with Crippen molar-refractivity contribution in [2.75, 3.05) is 0 Å². The molecule has 3 aromatic rings. The van der Waals surface area contributed by atoms with Gasteiger partial charge in [-0.05, 0) is 23.3 Å². The van der Waals surface area contributed by atoms with E-state index in [1.807, 2.05) is 67.6 Å². The van der Waals surface area contributed by atoms with Crippen LogP contribution >= 0.6 is 0 Å². The fourth-order valence-corrected chi connectivity index (χ4v) is 2.94. The van der Waals surface area contributed by atoms with Crippen LogP contribution in [0.5, 0.6) is 0 Å². The SMILES string of the molecule is C[C@H](c1ccccc1)[C@H](OC(=O)c1ccc([N+](=O)[O-])cc1)c1ccccc1. The molecule has 0 aromatic heterocycles. The van der Waals surface area contributed by atoms with E-state index in [0.717, 1.165) is 11.1 Å². The lowest BCUT2D eigenvalue weighted by atomic mass is 9.90. The average Bonchev–Trinajstić information content (AvgIpc) is 2.72. The second-order valence-electron chi connectivity index (χ2n) is 6.24. The summed E-state index contributed by atoms with van der Waals surface area (Å²) in [6, 6.07) is 24.8. The third kappa shape index (κ3) is 4.39. The van der Waals surface area contributed by atoms with Gasteiger partial charge in [0, 0.05) is 18.1 Å². The van der Waals surface area contributed by atoms with Crippen LogP contribution in [0.3, 0.4) is 0 Å². The monoisotopic (exact) mass is 361 g/mol. The minimum Gasteiger partial charge on any atom is -0.453 e. The van der Waals surface area contributed by atoms with Crippen molar-refractivity contribution < 1.29 is 14.5 Å². The van der Waals surface area contributed by atoms with Gasteiger partial charge in [-0.2, -0.15) is 0 Å². The van der Waals surface area contributed by atoms with E-state index in [4.69, 9.17) is 4.74 Å². The molecule has 0 bridgehead atoms. The molecule has 5 heteroatoms. The Bertz CT molecular complexity index is 908. The predicted octanol–water partition coefficient (Wildman–Crippen LogP) is 5.30. The Balaban J connectivity index is 1.87. The highest BCUT2D eigenvalue weighted by atomic mass is 16.6. The Morgan fingerprint density at radius 3 is 1.89 bits per heavy atom. The zero-order valence-electron chi connectivity index (χ0n) is 14.8. The van der Waals surface area contributed by atoms with Crippen LogP contribution in [-0.4, -0.2) is 10.9 Å². The van der Waals surface area contributed by atoms with Crippen LogP contribution in [-0.2, 0) is 4.74 Å². The zero-order valence-corrected chi connectivity index (χ0v) is 14.8. The van der Waals surface area contributed by atoms with Crippen molar-refractivity contribution in [3.8, 4) is 0 Å². The second kappa shape index (κ2) is 8.27. The number of non-ortho nitro benzene ring substituents is 1. The first-order valence-electron chi connectivity index (χ1n) is 8.61. The van der Waals surface area contributed by atoms with E-state index in [-0.39, 0.29) is 17.2 Å². The molecular formula is C22H19NO4. The van der Waals surface area contributed by atoms with Gasteiger partial charge in [-0.25, -0.2) is 4.79 Å². The van der Waals surface area contributed by atoms with Crippen LogP contribution in [0.1, 0.15) is 40.4 Å². The van der Waals surface area contributed by atoms with Crippen LogP contribution in [0.2, 0.25) is 0 Å². The summed E-state index contributed by atoms with van der Waals surface area (Å²) in [6.07, 6.45) is -0.476. The molecule has 0 saturated heterocycles. The van der Waals surface area contributed by atoms with Gasteiger partial charge in [0.1, 0.15) is 6.10 Å². The molecule has 0 unspecified atom stereocenters. The second-order valence-corrected chi connectivity index (χ2v) is 6.24. The van der Waals surface area contributed by atoms with Crippen LogP contribution < -0.4 is 0 Å². The van der Waals surface area contributed by atoms with E-state index >= 15 is 0 Å². The Morgan fingerprint density at radius 2 is 1.37 bits per heavy atom. The van der Waals surface area contributed by atoms with Crippen LogP contribution in [0, 0.1) is 10.1 Å². The molecule has 0 fully saturated rings. The molecule has 27 heavy (non-hydrogen) atoms. The summed E-state index contributed by atoms with van der Waals surface area (Å²) in [5, 5.41) is 10.8. The van der Waals surface area contributed by atoms with Gasteiger partial charge < -0.3 is 4.74 Å². The Hall–Kier alpha value is -3.47. The molecule has 0 aliphatic rings. The fourth-order valence-electron chi connectivity index (χ4n) is 2.94. The quantitative estimate of drug-likeness (QED) is 0.339. The maximum absolute atomic E-state index is 12.7. The smallest absolute Gasteiger partial charge is 0.338 e. The van der Waals surface area contributed by atoms with E-state index in [2.05, 4.69) is 0 Å². The lowest BCUT2D eigenvalue weighted by Crippen LogP contribution is -2.17. The van der Waals surface area contributed by atoms with Gasteiger partial charge in [0.05, 0.1) is 10.5 Å². The summed E-state index contributed by atoms with van der Waals surface area (Å²) in [6.45, 7) is 2.01. The summed E-state index contributed by atoms with van der Waals surface area (Å²) in [7, 11) is 0. The molecule has 0 saturated carbocycles. The number of benzene rings is 3. The van der Waals surface area contributed by atoms with Gasteiger partial charge in [0.15, 0.2) is 0 Å². The normalized spacial score (nSPS) is 12.8. The predicted molar refractivity (Wildman–Crippen MR) is 103 cm³/mol. The number of nitrogens with zero attached hydrogens (tertiary/aromatic N) is 1. The van der Waals surface area contributed by atoms with Gasteiger partial charge in [-0.3, -0.25) is 10.1 Å². The number of ether oxygens (including phenoxy) is 1. The molecule has 0 heterocycles. The molecule has 0 aliphatic heterocycles. The third-order valence-electron chi connectivity index (χ3n) is 4.46. The summed E-state index contributed by atoms with van der Waals surface area (Å²) in [4.78, 5) is 22.9. The molecule has 0 spiro atoms. The highest BCUT2D eigenvalue weighted by Crippen LogP contribution is 2.34. The first kappa shape index (κ1) is 18.3. The van der Waals surface area contributed by atoms with Gasteiger partial charge in [-0.1, -0.05) is 67.6 Å². The molecule has 3 aromatic carbocycles. The number of hydrogen-bond donors (Lipinski definition) is 0. The van der Waals surface area contributed by atoms with Crippen molar-refractivity contribution in [1.29, 1.82) is 0 Å². The number of esters is 1. The largest absolute Gasteiger partial charge is 0.453 e. The van der Waals surface area contributed by atoms with Crippen molar-refractivity contribution in [2.45, 2.75) is 18.9 Å². The molecule has 0 radical (unpaired) electrons. The van der Waals surface area contributed by atoms with Crippen molar-refractivity contribution >= 4 is 11.7 Å². The molecule has 2 atom stereocenters. The first-order chi connectivity index (χ1) is 13.1. The molecule has 136 valence electrons. The van der Waals surface area contributed by atoms with Crippen molar-refractivity contribution in [1.82, 2.24) is 0 Å². The standard InChI is InChI=1S/C22H19NO4/c1-16(17-8-4-2-5-9-17)21(18-10-6-3-7-11-18)27-22(24)19-12-14-20(15-13-19)23(25)26/h2-16,21H,1H3/t16-,21+/m1/s1. The van der Waals surface area contributed by atoms with Crippen molar-refractivity contribution in [2.24, 2.45) is 0 Å². The Labute approximate surface area is 157 Å². The van der Waals surface area contributed by atoms with Crippen molar-refractivity contribution in [3.63, 3.8) is 0 Å². The number of nitro benzene ring substituents is 1. The minimum atomic E-state index is -0.512. The topological polar surface area (TPSA) is 69.4 Å². The lowest BCUT2D eigenvalue weighted by Gasteiger charge is -2.25. The maximum Gasteiger partial charge on any atom is 0.338 e. The van der Waals surface area contributed by atoms with E-state index in [1.165, 1.54) is 24.3 Å². The van der Waals surface area contributed by atoms with Crippen molar-refractivity contribution in [3.05, 3.63) is 112 Å². The molecular weight excluding hydrogens is 342 g/mol. The first-order valence-corrected chi connectivity index (χ1v) is 8.61. The lowest BCUT2D eigenvalue weighted by molar-refractivity contribution is -0.384. The molecule has 3 rings (SSSR count). The van der Waals surface area contributed by atoms with E-state index in [9.17, 15) is 14.9 Å². The minimum absolute atomic E-state index is 0.0596. The van der Waals surface area contributed by atoms with Gasteiger partial charge in [0.25, 0.3) is 5.69 Å². The maximum atomic E-state index is 12.7.